The predicted molar refractivity (Wildman–Crippen MR) is 136 cm³/mol. The van der Waals surface area contributed by atoms with Crippen LogP contribution >= 0.6 is 0 Å². The maximum atomic E-state index is 14.1. The van der Waals surface area contributed by atoms with E-state index >= 15 is 0 Å². The van der Waals surface area contributed by atoms with Crippen molar-refractivity contribution in [2.75, 3.05) is 0 Å². The van der Waals surface area contributed by atoms with E-state index in [2.05, 4.69) is 21.6 Å². The van der Waals surface area contributed by atoms with Gasteiger partial charge in [0.15, 0.2) is 0 Å². The number of hydrogen-bond acceptors (Lipinski definition) is 5. The van der Waals surface area contributed by atoms with Gasteiger partial charge < -0.3 is 14.2 Å². The Morgan fingerprint density at radius 3 is 2.58 bits per heavy atom. The van der Waals surface area contributed by atoms with E-state index in [1.807, 2.05) is 44.3 Å². The molecule has 0 aliphatic heterocycles. The van der Waals surface area contributed by atoms with Gasteiger partial charge in [-0.05, 0) is 56.2 Å². The Labute approximate surface area is 208 Å². The van der Waals surface area contributed by atoms with Crippen LogP contribution in [0.4, 0.5) is 4.39 Å². The fourth-order valence-electron chi connectivity index (χ4n) is 4.61. The van der Waals surface area contributed by atoms with Gasteiger partial charge in [0.25, 0.3) is 0 Å². The van der Waals surface area contributed by atoms with Crippen molar-refractivity contribution >= 4 is 17.0 Å². The van der Waals surface area contributed by atoms with Crippen LogP contribution in [0.5, 0.6) is 0 Å². The molecule has 1 atom stereocenters. The van der Waals surface area contributed by atoms with Gasteiger partial charge in [0.05, 0.1) is 34.0 Å². The van der Waals surface area contributed by atoms with E-state index in [1.165, 1.54) is 12.1 Å². The van der Waals surface area contributed by atoms with Crippen molar-refractivity contribution in [2.24, 2.45) is 0 Å². The topological polar surface area (TPSA) is 94.0 Å². The minimum absolute atomic E-state index is 0. The van der Waals surface area contributed by atoms with Crippen LogP contribution in [0.25, 0.3) is 33.3 Å². The summed E-state index contributed by atoms with van der Waals surface area (Å²) in [5, 5.41) is 13.5. The highest BCUT2D eigenvalue weighted by Crippen LogP contribution is 2.37. The number of benzene rings is 1. The van der Waals surface area contributed by atoms with E-state index < -0.39 is 11.8 Å². The first-order valence-corrected chi connectivity index (χ1v) is 11.3. The van der Waals surface area contributed by atoms with E-state index in [4.69, 9.17) is 9.51 Å². The van der Waals surface area contributed by atoms with Gasteiger partial charge >= 0.3 is 5.97 Å². The summed E-state index contributed by atoms with van der Waals surface area (Å²) in [7, 11) is 0. The zero-order chi connectivity index (χ0) is 24.7. The van der Waals surface area contributed by atoms with Gasteiger partial charge in [0.2, 0.25) is 0 Å². The quantitative estimate of drug-likeness (QED) is 0.282. The van der Waals surface area contributed by atoms with Gasteiger partial charge in [-0.3, -0.25) is 9.97 Å². The molecule has 4 aromatic heterocycles. The van der Waals surface area contributed by atoms with Gasteiger partial charge in [-0.15, -0.1) is 0 Å². The second kappa shape index (κ2) is 9.73. The third kappa shape index (κ3) is 4.15. The lowest BCUT2D eigenvalue weighted by atomic mass is 10.0. The fraction of sp³-hybridized carbons (Fsp3) is 0.214. The summed E-state index contributed by atoms with van der Waals surface area (Å²) in [6.07, 6.45) is 6.22. The SMILES string of the molecule is C.CC[C@@H](c1ccccn1)n1cc(-c2ccc(F)c(C(=O)O)c2)c2ncc(-c3c(C)noc3C)cc21. The number of rotatable bonds is 6. The summed E-state index contributed by atoms with van der Waals surface area (Å²) >= 11 is 0. The third-order valence-corrected chi connectivity index (χ3v) is 6.25. The minimum atomic E-state index is -1.32. The summed E-state index contributed by atoms with van der Waals surface area (Å²) in [4.78, 5) is 20.9. The summed E-state index contributed by atoms with van der Waals surface area (Å²) in [6.45, 7) is 5.82. The first-order valence-electron chi connectivity index (χ1n) is 11.3. The highest BCUT2D eigenvalue weighted by molar-refractivity contribution is 5.97. The minimum Gasteiger partial charge on any atom is -0.478 e. The molecule has 0 bridgehead atoms. The van der Waals surface area contributed by atoms with E-state index in [-0.39, 0.29) is 19.0 Å². The Bertz CT molecular complexity index is 1540. The van der Waals surface area contributed by atoms with Gasteiger partial charge in [0.1, 0.15) is 11.6 Å². The molecule has 1 aromatic carbocycles. The Kier molecular flexibility index (Phi) is 6.70. The maximum absolute atomic E-state index is 14.1. The summed E-state index contributed by atoms with van der Waals surface area (Å²) < 4.78 is 21.6. The molecular weight excluding hydrogens is 459 g/mol. The molecule has 0 saturated heterocycles. The number of carboxylic acid groups (broad SMARTS) is 1. The van der Waals surface area contributed by atoms with E-state index in [9.17, 15) is 14.3 Å². The number of halogens is 1. The molecule has 0 fully saturated rings. The standard InChI is InChI=1S/C27H23FN4O3.CH4/c1-4-23(22-7-5-6-10-29-22)32-14-20(17-8-9-21(28)19(11-17)27(33)34)26-24(32)12-18(13-30-26)25-15(2)31-35-16(25)3;/h5-14,23H,4H2,1-3H3,(H,33,34);1H4/t23-;/m0./s1. The number of carbonyl (C=O) groups is 1. The number of carboxylic acids is 1. The predicted octanol–water partition coefficient (Wildman–Crippen LogP) is 6.84. The molecule has 7 nitrogen and oxygen atoms in total. The third-order valence-electron chi connectivity index (χ3n) is 6.25. The van der Waals surface area contributed by atoms with Crippen LogP contribution in [0.2, 0.25) is 0 Å². The summed E-state index contributed by atoms with van der Waals surface area (Å²) in [6, 6.07) is 11.8. The fourth-order valence-corrected chi connectivity index (χ4v) is 4.61. The van der Waals surface area contributed by atoms with E-state index in [1.54, 1.807) is 18.5 Å². The molecule has 0 spiro atoms. The summed E-state index contributed by atoms with van der Waals surface area (Å²) in [5.74, 6) is -1.40. The molecule has 1 N–H and O–H groups in total. The molecule has 0 amide bonds. The van der Waals surface area contributed by atoms with Crippen LogP contribution in [0.15, 0.2) is 65.6 Å². The van der Waals surface area contributed by atoms with Gasteiger partial charge in [-0.1, -0.05) is 31.6 Å². The molecule has 0 aliphatic rings. The van der Waals surface area contributed by atoms with Crippen molar-refractivity contribution in [1.29, 1.82) is 0 Å². The average molecular weight is 487 g/mol. The molecule has 0 unspecified atom stereocenters. The number of pyridine rings is 2. The van der Waals surface area contributed by atoms with E-state index in [0.717, 1.165) is 34.5 Å². The Morgan fingerprint density at radius 1 is 1.14 bits per heavy atom. The van der Waals surface area contributed by atoms with Crippen molar-refractivity contribution in [3.05, 3.63) is 89.6 Å². The largest absolute Gasteiger partial charge is 0.478 e. The van der Waals surface area contributed by atoms with Crippen molar-refractivity contribution in [1.82, 2.24) is 19.7 Å². The molecule has 184 valence electrons. The van der Waals surface area contributed by atoms with Crippen LogP contribution in [0, 0.1) is 19.7 Å². The van der Waals surface area contributed by atoms with Crippen LogP contribution in [0.3, 0.4) is 0 Å². The van der Waals surface area contributed by atoms with E-state index in [0.29, 0.717) is 22.4 Å². The second-order valence-electron chi connectivity index (χ2n) is 8.42. The number of nitrogens with zero attached hydrogens (tertiary/aromatic N) is 4. The molecule has 0 radical (unpaired) electrons. The molecule has 5 aromatic rings. The smallest absolute Gasteiger partial charge is 0.338 e. The Hall–Kier alpha value is -4.33. The maximum Gasteiger partial charge on any atom is 0.338 e. The van der Waals surface area contributed by atoms with Crippen LogP contribution in [-0.2, 0) is 0 Å². The van der Waals surface area contributed by atoms with Crippen LogP contribution < -0.4 is 0 Å². The molecule has 8 heteroatoms. The lowest BCUT2D eigenvalue weighted by molar-refractivity contribution is 0.0692. The number of aromatic nitrogens is 4. The highest BCUT2D eigenvalue weighted by atomic mass is 19.1. The van der Waals surface area contributed by atoms with Crippen molar-refractivity contribution < 1.29 is 18.8 Å². The van der Waals surface area contributed by atoms with Crippen LogP contribution in [-0.4, -0.2) is 30.8 Å². The molecule has 0 saturated carbocycles. The molecular formula is C28H27FN4O3. The molecule has 0 aliphatic carbocycles. The van der Waals surface area contributed by atoms with Crippen molar-refractivity contribution in [2.45, 2.75) is 40.7 Å². The number of hydrogen-bond donors (Lipinski definition) is 1. The first-order chi connectivity index (χ1) is 16.9. The number of aryl methyl sites for hydroxylation is 2. The summed E-state index contributed by atoms with van der Waals surface area (Å²) in [5.41, 5.74) is 5.83. The second-order valence-corrected chi connectivity index (χ2v) is 8.42. The first kappa shape index (κ1) is 24.8. The molecule has 4 heterocycles. The Balaban J connectivity index is 0.00000304. The molecule has 36 heavy (non-hydrogen) atoms. The van der Waals surface area contributed by atoms with Gasteiger partial charge in [0, 0.05) is 35.3 Å². The van der Waals surface area contributed by atoms with Gasteiger partial charge in [-0.2, -0.15) is 0 Å². The monoisotopic (exact) mass is 486 g/mol. The molecule has 5 rings (SSSR count). The zero-order valence-corrected chi connectivity index (χ0v) is 19.5. The number of fused-ring (bicyclic) bond motifs is 1. The Morgan fingerprint density at radius 2 is 1.94 bits per heavy atom. The lowest BCUT2D eigenvalue weighted by Crippen LogP contribution is -2.10. The van der Waals surface area contributed by atoms with Gasteiger partial charge in [-0.25, -0.2) is 9.18 Å². The number of aromatic carboxylic acids is 1. The normalized spacial score (nSPS) is 11.9. The highest BCUT2D eigenvalue weighted by Gasteiger charge is 2.22. The van der Waals surface area contributed by atoms with Crippen LogP contribution in [0.1, 0.15) is 54.3 Å². The zero-order valence-electron chi connectivity index (χ0n) is 19.5. The lowest BCUT2D eigenvalue weighted by Gasteiger charge is -2.18. The van der Waals surface area contributed by atoms with Crippen molar-refractivity contribution in [3.8, 4) is 22.3 Å². The average Bonchev–Trinajstić information content (AvgIpc) is 3.39. The van der Waals surface area contributed by atoms with Crippen molar-refractivity contribution in [3.63, 3.8) is 0 Å².